The topological polar surface area (TPSA) is 626 Å². The predicted octanol–water partition coefficient (Wildman–Crippen LogP) is -1.95. The van der Waals surface area contributed by atoms with Crippen molar-refractivity contribution < 1.29 is 91.7 Å². The summed E-state index contributed by atoms with van der Waals surface area (Å²) < 4.78 is 0.821. The Balaban J connectivity index is 1.09. The zero-order chi connectivity index (χ0) is 97.2. The molecule has 133 heavy (non-hydrogen) atoms. The van der Waals surface area contributed by atoms with E-state index in [1.807, 2.05) is 25.1 Å². The Morgan fingerprint density at radius 1 is 0.571 bits per heavy atom. The molecule has 3 aliphatic heterocycles. The molecule has 42 nitrogen and oxygen atoms in total. The summed E-state index contributed by atoms with van der Waals surface area (Å²) in [7, 11) is 3.86. The Morgan fingerprint density at radius 3 is 1.80 bits per heavy atom. The number of H-pyrrole nitrogens is 2. The number of likely N-dealkylation sites (N-methyl/N-ethyl adjacent to an activating group) is 3. The van der Waals surface area contributed by atoms with E-state index >= 15 is 33.6 Å². The van der Waals surface area contributed by atoms with Crippen molar-refractivity contribution in [2.75, 3.05) is 58.9 Å². The molecular weight excluding hydrogens is 1760 g/mol. The number of aromatic amines is 2. The molecule has 22 N–H and O–H groups in total. The number of rotatable bonds is 23. The van der Waals surface area contributed by atoms with Crippen molar-refractivity contribution in [2.45, 2.75) is 228 Å². The summed E-state index contributed by atoms with van der Waals surface area (Å²) in [6, 6.07) is -1.96. The zero-order valence-electron chi connectivity index (χ0n) is 75.9. The number of aliphatic hydroxyl groups excluding tert-OH is 1. The van der Waals surface area contributed by atoms with E-state index in [9.17, 15) is 58.2 Å². The highest BCUT2D eigenvalue weighted by Crippen LogP contribution is 2.31. The van der Waals surface area contributed by atoms with Crippen LogP contribution in [0, 0.1) is 11.3 Å². The minimum Gasteiger partial charge on any atom is -0.508 e. The predicted molar refractivity (Wildman–Crippen MR) is 493 cm³/mol. The summed E-state index contributed by atoms with van der Waals surface area (Å²) >= 11 is 2.11. The normalized spacial score (nSPS) is 25.0. The molecule has 0 radical (unpaired) electrons. The number of guanidine groups is 1. The SMILES string of the molecule is CCCC[C@H]1C(=O)N(C)[C@@H](C)C(=O)N[C@@H](CCCNC(=N)N)C(=O)NC(C(=O)NCC(N)=O)CSCC(=O)N[C@@H](Cc2ccc(O)cc2)C(=O)N(C)[C@@H](C)C(=O)N[C@@H](CC(N)=O)C(=O)N2CCC[C@H]2C(=O)N[C@@H](Cc2cnc[nH]2)C(=O)N[C@@H](CC(C)C)C(=O)N2[C@@H](C)CC[C@H]2C(=O)N[C@@H](Cc2c[nH]c3ccccc23)C(=O)N[C@@H](CO)C(=O)N[C@@H](Cc2csc3ccccc23)C(=O)N1C. The molecule has 15 atom stereocenters. The third-order valence-corrected chi connectivity index (χ3v) is 26.0. The molecule has 17 amide bonds. The number of aromatic nitrogens is 3. The second-order valence-electron chi connectivity index (χ2n) is 34.2. The number of nitrogens with one attached hydrogen (secondary N) is 14. The molecule has 3 aliphatic rings. The van der Waals surface area contributed by atoms with Crippen molar-refractivity contribution >= 4 is 150 Å². The molecular formula is C89H123N23O19S2. The minimum absolute atomic E-state index is 0.00121. The van der Waals surface area contributed by atoms with Gasteiger partial charge >= 0.3 is 0 Å². The number of fused-ring (bicyclic) bond motifs is 4. The van der Waals surface area contributed by atoms with Crippen LogP contribution in [0.3, 0.4) is 0 Å². The van der Waals surface area contributed by atoms with Crippen molar-refractivity contribution in [2.24, 2.45) is 23.1 Å². The third-order valence-electron chi connectivity index (χ3n) is 23.9. The fourth-order valence-electron chi connectivity index (χ4n) is 16.3. The van der Waals surface area contributed by atoms with Gasteiger partial charge in [-0.25, -0.2) is 4.98 Å². The summed E-state index contributed by atoms with van der Waals surface area (Å²) in [5, 5.41) is 61.6. The second-order valence-corrected chi connectivity index (χ2v) is 36.1. The Hall–Kier alpha value is -13.3. The average molecular weight is 1880 g/mol. The first-order valence-electron chi connectivity index (χ1n) is 44.3. The van der Waals surface area contributed by atoms with E-state index in [0.29, 0.717) is 46.1 Å². The standard InChI is InChI=1S/C89H123N23O19S2/c1-10-11-22-70-88(131)109(8)50(6)75(118)100-59(21-16-31-95-89(92)93)78(121)107-67(77(120)97-41-73(91)116)44-132-45-74(117)99-63(34-51-26-28-55(114)29-27-51)84(127)108(7)49(5)76(119)103-65(38-72(90)115)86(129)111-32-17-23-68(111)82(125)102-61(37-54-40-94-46-98-54)80(123)104-62(33-47(2)3)87(130)112-48(4)25-30-69(112)83(126)101-60(35-52-39-96-58-20-14-12-18-56(52)58)79(122)106-66(42-113)81(124)105-64(85(128)110(70)9)36-53-43-133-71-24-15-13-19-57(53)71/h12-15,18-20,24,26-29,39-40,43,46-50,59-70,96,113-114H,10-11,16-17,21-23,25,30-38,41-42,44-45H2,1-9H3,(H2,90,115)(H2,91,116)(H,94,98)(H,97,120)(H,99,117)(H,100,118)(H,101,126)(H,102,125)(H,103,119)(H,104,123)(H,105,124)(H,106,122)(H,107,121)(H4,92,93,95)/t48-,49-,50-,59-,60-,61-,62-,63-,64-,65-,66-,67?,68-,69-,70-/m0/s1. The Labute approximate surface area is 777 Å². The number of hydrogen-bond donors (Lipinski definition) is 19. The number of hydrogen-bond acceptors (Lipinski definition) is 23. The van der Waals surface area contributed by atoms with Crippen LogP contribution >= 0.6 is 23.1 Å². The van der Waals surface area contributed by atoms with Gasteiger partial charge in [0, 0.05) is 105 Å². The van der Waals surface area contributed by atoms with E-state index in [0.717, 1.165) is 41.4 Å². The molecule has 0 aliphatic carbocycles. The van der Waals surface area contributed by atoms with Crippen LogP contribution in [-0.2, 0) is 107 Å². The maximum absolute atomic E-state index is 15.6. The molecule has 1 unspecified atom stereocenters. The average Bonchev–Trinajstić information content (AvgIpc) is 1.76. The van der Waals surface area contributed by atoms with Gasteiger partial charge in [0.15, 0.2) is 5.96 Å². The zero-order valence-corrected chi connectivity index (χ0v) is 77.5. The number of imidazole rings is 1. The van der Waals surface area contributed by atoms with Gasteiger partial charge in [0.2, 0.25) is 100 Å². The third kappa shape index (κ3) is 28.4. The molecule has 3 aromatic carbocycles. The number of aliphatic hydroxyl groups is 1. The van der Waals surface area contributed by atoms with Crippen LogP contribution < -0.4 is 75.7 Å². The van der Waals surface area contributed by atoms with E-state index < -0.39 is 228 Å². The number of nitrogens with two attached hydrogens (primary N) is 3. The fraction of sp³-hybridized carbons (Fsp3) is 0.517. The molecule has 0 spiro atoms. The molecule has 9 rings (SSSR count). The van der Waals surface area contributed by atoms with Gasteiger partial charge in [0.1, 0.15) is 90.3 Å². The molecule has 6 heterocycles. The number of carbonyl (C=O) groups is 17. The number of amides is 17. The van der Waals surface area contributed by atoms with E-state index in [4.69, 9.17) is 22.6 Å². The second kappa shape index (κ2) is 48.8. The van der Waals surface area contributed by atoms with Gasteiger partial charge in [0.05, 0.1) is 31.7 Å². The highest BCUT2D eigenvalue weighted by Gasteiger charge is 2.47. The maximum atomic E-state index is 15.6. The Morgan fingerprint density at radius 2 is 1.16 bits per heavy atom. The van der Waals surface area contributed by atoms with E-state index in [2.05, 4.69) is 73.4 Å². The number of para-hydroxylation sites is 1. The lowest BCUT2D eigenvalue weighted by Crippen LogP contribution is -2.62. The Kier molecular flexibility index (Phi) is 37.9. The molecule has 6 aromatic rings. The van der Waals surface area contributed by atoms with Crippen molar-refractivity contribution in [3.63, 3.8) is 0 Å². The number of thioether (sulfide) groups is 1. The quantitative estimate of drug-likeness (QED) is 0.0188. The van der Waals surface area contributed by atoms with Gasteiger partial charge in [-0.1, -0.05) is 82.1 Å². The fourth-order valence-corrected chi connectivity index (χ4v) is 18.1. The molecule has 3 aromatic heterocycles. The number of thiophene rings is 1. The highest BCUT2D eigenvalue weighted by atomic mass is 32.2. The molecule has 0 saturated carbocycles. The van der Waals surface area contributed by atoms with E-state index in [1.54, 1.807) is 62.7 Å². The molecule has 3 saturated heterocycles. The van der Waals surface area contributed by atoms with Crippen LogP contribution in [0.15, 0.2) is 96.9 Å². The van der Waals surface area contributed by atoms with Crippen molar-refractivity contribution in [3.05, 3.63) is 119 Å². The van der Waals surface area contributed by atoms with Crippen molar-refractivity contribution in [1.29, 1.82) is 5.41 Å². The number of primary amides is 2. The van der Waals surface area contributed by atoms with Gasteiger partial charge in [-0.2, -0.15) is 0 Å². The van der Waals surface area contributed by atoms with E-state index in [1.165, 1.54) is 88.0 Å². The van der Waals surface area contributed by atoms with Crippen molar-refractivity contribution in [3.8, 4) is 5.75 Å². The lowest BCUT2D eigenvalue weighted by atomic mass is 10.00. The summed E-state index contributed by atoms with van der Waals surface area (Å²) in [4.78, 5) is 265. The summed E-state index contributed by atoms with van der Waals surface area (Å²) in [6.45, 7) is 7.87. The lowest BCUT2D eigenvalue weighted by Gasteiger charge is -2.35. The molecule has 720 valence electrons. The maximum Gasteiger partial charge on any atom is 0.246 e. The minimum atomic E-state index is -1.84. The molecule has 3 fully saturated rings. The smallest absolute Gasteiger partial charge is 0.246 e. The molecule has 0 bridgehead atoms. The van der Waals surface area contributed by atoms with Gasteiger partial charge in [0.25, 0.3) is 0 Å². The number of phenolic OH excluding ortho intramolecular Hbond substituents is 1. The number of carbonyl (C=O) groups excluding carboxylic acids is 17. The summed E-state index contributed by atoms with van der Waals surface area (Å²) in [5.74, 6) is -17.4. The van der Waals surface area contributed by atoms with Gasteiger partial charge in [-0.05, 0) is 130 Å². The van der Waals surface area contributed by atoms with Crippen LogP contribution in [0.25, 0.3) is 21.0 Å². The largest absolute Gasteiger partial charge is 0.508 e. The number of benzene rings is 3. The van der Waals surface area contributed by atoms with Crippen LogP contribution in [0.1, 0.15) is 135 Å². The van der Waals surface area contributed by atoms with Gasteiger partial charge in [-0.15, -0.1) is 23.1 Å². The first-order valence-corrected chi connectivity index (χ1v) is 46.3. The van der Waals surface area contributed by atoms with Crippen LogP contribution in [0.4, 0.5) is 0 Å². The van der Waals surface area contributed by atoms with Crippen LogP contribution in [-0.4, -0.2) is 306 Å². The number of nitrogens with zero attached hydrogens (tertiary/aromatic N) is 6. The first kappa shape index (κ1) is 103. The van der Waals surface area contributed by atoms with Gasteiger partial charge < -0.3 is 120 Å². The number of aromatic hydroxyl groups is 1. The Bertz CT molecular complexity index is 5190. The molecule has 44 heteroatoms. The monoisotopic (exact) mass is 1880 g/mol. The summed E-state index contributed by atoms with van der Waals surface area (Å²) in [6.07, 6.45) is 3.75. The number of phenols is 1. The first-order chi connectivity index (χ1) is 63.3. The highest BCUT2D eigenvalue weighted by molar-refractivity contribution is 8.00. The summed E-state index contributed by atoms with van der Waals surface area (Å²) in [5.41, 5.74) is 19.3. The number of unbranched alkanes of at least 4 members (excludes halogenated alkanes) is 1. The van der Waals surface area contributed by atoms with Crippen LogP contribution in [0.2, 0.25) is 0 Å². The van der Waals surface area contributed by atoms with E-state index in [-0.39, 0.29) is 102 Å². The van der Waals surface area contributed by atoms with Crippen LogP contribution in [0.5, 0.6) is 5.75 Å². The van der Waals surface area contributed by atoms with Crippen molar-refractivity contribution in [1.82, 2.24) is 97.9 Å². The lowest BCUT2D eigenvalue weighted by molar-refractivity contribution is -0.149. The van der Waals surface area contributed by atoms with Gasteiger partial charge in [-0.3, -0.25) is 86.9 Å².